The number of urea groups is 1. The molecule has 1 aromatic rings. The fourth-order valence-corrected chi connectivity index (χ4v) is 6.45. The number of thiazole rings is 1. The van der Waals surface area contributed by atoms with E-state index < -0.39 is 0 Å². The molecular weight excluding hydrogens is 368 g/mol. The zero-order valence-corrected chi connectivity index (χ0v) is 17.9. The van der Waals surface area contributed by atoms with Gasteiger partial charge >= 0.3 is 6.03 Å². The van der Waals surface area contributed by atoms with Crippen LogP contribution < -0.4 is 11.1 Å². The molecule has 0 aliphatic heterocycles. The average molecular weight is 405 g/mol. The molecular formula is C22H36N4OS. The van der Waals surface area contributed by atoms with Crippen LogP contribution in [0.1, 0.15) is 101 Å². The molecule has 6 heteroatoms. The van der Waals surface area contributed by atoms with Crippen molar-refractivity contribution in [1.29, 1.82) is 0 Å². The van der Waals surface area contributed by atoms with Gasteiger partial charge in [0.25, 0.3) is 0 Å². The van der Waals surface area contributed by atoms with Crippen molar-refractivity contribution >= 4 is 22.5 Å². The third-order valence-corrected chi connectivity index (χ3v) is 8.16. The van der Waals surface area contributed by atoms with Gasteiger partial charge in [-0.05, 0) is 44.4 Å². The Morgan fingerprint density at radius 1 is 0.964 bits per heavy atom. The van der Waals surface area contributed by atoms with E-state index in [2.05, 4.69) is 15.2 Å². The van der Waals surface area contributed by atoms with Gasteiger partial charge in [0.15, 0.2) is 5.13 Å². The molecule has 4 rings (SSSR count). The average Bonchev–Trinajstić information content (AvgIpc) is 3.42. The molecule has 3 fully saturated rings. The molecule has 0 spiro atoms. The quantitative estimate of drug-likeness (QED) is 0.648. The summed E-state index contributed by atoms with van der Waals surface area (Å²) in [6, 6.07) is 0.932. The Morgan fingerprint density at radius 3 is 2.07 bits per heavy atom. The van der Waals surface area contributed by atoms with Crippen molar-refractivity contribution < 1.29 is 4.79 Å². The van der Waals surface area contributed by atoms with Crippen LogP contribution in [-0.2, 0) is 0 Å². The van der Waals surface area contributed by atoms with E-state index in [-0.39, 0.29) is 12.1 Å². The van der Waals surface area contributed by atoms with E-state index in [1.807, 2.05) is 6.20 Å². The van der Waals surface area contributed by atoms with Crippen LogP contribution >= 0.6 is 11.3 Å². The number of nitrogens with one attached hydrogen (secondary N) is 1. The van der Waals surface area contributed by atoms with Gasteiger partial charge in [0.05, 0.1) is 0 Å². The normalized spacial score (nSPS) is 23.6. The maximum absolute atomic E-state index is 13.3. The van der Waals surface area contributed by atoms with Crippen LogP contribution in [0.25, 0.3) is 0 Å². The summed E-state index contributed by atoms with van der Waals surface area (Å²) < 4.78 is 0. The fraction of sp³-hybridized carbons (Fsp3) is 0.818. The van der Waals surface area contributed by atoms with Gasteiger partial charge < -0.3 is 10.6 Å². The summed E-state index contributed by atoms with van der Waals surface area (Å²) in [5, 5.41) is 3.85. The maximum atomic E-state index is 13.3. The molecule has 1 unspecified atom stereocenters. The predicted molar refractivity (Wildman–Crippen MR) is 116 cm³/mol. The molecule has 3 saturated carbocycles. The largest absolute Gasteiger partial charge is 0.324 e. The van der Waals surface area contributed by atoms with E-state index >= 15 is 0 Å². The van der Waals surface area contributed by atoms with Crippen molar-refractivity contribution in [2.45, 2.75) is 108 Å². The number of nitrogens with zero attached hydrogens (tertiary/aromatic N) is 2. The van der Waals surface area contributed by atoms with Gasteiger partial charge in [-0.25, -0.2) is 9.78 Å². The zero-order valence-electron chi connectivity index (χ0n) is 17.1. The Morgan fingerprint density at radius 2 is 1.50 bits per heavy atom. The first-order valence-electron chi connectivity index (χ1n) is 11.5. The number of hydrogen-bond donors (Lipinski definition) is 2. The Bertz CT molecular complexity index is 612. The second-order valence-electron chi connectivity index (χ2n) is 9.06. The molecule has 3 aliphatic carbocycles. The number of anilines is 1. The van der Waals surface area contributed by atoms with Crippen molar-refractivity contribution in [2.75, 3.05) is 5.32 Å². The zero-order chi connectivity index (χ0) is 19.3. The van der Waals surface area contributed by atoms with Gasteiger partial charge in [0.1, 0.15) is 0 Å². The fourth-order valence-electron chi connectivity index (χ4n) is 5.55. The summed E-state index contributed by atoms with van der Waals surface area (Å²) in [6.07, 6.45) is 19.1. The lowest BCUT2D eigenvalue weighted by Gasteiger charge is -2.41. The Hall–Kier alpha value is -1.14. The molecule has 2 amide bonds. The van der Waals surface area contributed by atoms with Gasteiger partial charge in [0, 0.05) is 29.2 Å². The lowest BCUT2D eigenvalue weighted by atomic mass is 9.89. The van der Waals surface area contributed by atoms with Crippen LogP contribution in [0.5, 0.6) is 0 Å². The van der Waals surface area contributed by atoms with E-state index in [1.165, 1.54) is 64.2 Å². The number of aromatic nitrogens is 1. The molecule has 156 valence electrons. The standard InChI is InChI=1S/C22H36N4OS/c23-20(16-9-7-8-10-16)19-15-24-21(28-19)25-22(27)26(17-11-3-1-4-12-17)18-13-5-2-6-14-18/h15-18,20H,1-14,23H2,(H,24,25,27). The van der Waals surface area contributed by atoms with Crippen molar-refractivity contribution in [2.24, 2.45) is 11.7 Å². The van der Waals surface area contributed by atoms with Gasteiger partial charge in [-0.15, -0.1) is 11.3 Å². The SMILES string of the molecule is NC(c1cnc(NC(=O)N(C2CCCCC2)C2CCCCC2)s1)C1CCCC1. The summed E-state index contributed by atoms with van der Waals surface area (Å²) in [7, 11) is 0. The van der Waals surface area contributed by atoms with E-state index in [0.29, 0.717) is 23.1 Å². The summed E-state index contributed by atoms with van der Waals surface area (Å²) in [5.41, 5.74) is 6.49. The monoisotopic (exact) mass is 404 g/mol. The summed E-state index contributed by atoms with van der Waals surface area (Å²) in [4.78, 5) is 21.1. The minimum atomic E-state index is 0.0640. The van der Waals surface area contributed by atoms with Crippen LogP contribution in [0.4, 0.5) is 9.93 Å². The first-order valence-corrected chi connectivity index (χ1v) is 12.3. The minimum absolute atomic E-state index is 0.0640. The molecule has 3 aliphatic rings. The molecule has 0 bridgehead atoms. The van der Waals surface area contributed by atoms with Crippen LogP contribution in [-0.4, -0.2) is 28.0 Å². The lowest BCUT2D eigenvalue weighted by Crippen LogP contribution is -2.50. The van der Waals surface area contributed by atoms with Crippen LogP contribution in [0.2, 0.25) is 0 Å². The molecule has 0 aromatic carbocycles. The summed E-state index contributed by atoms with van der Waals surface area (Å²) in [6.45, 7) is 0. The van der Waals surface area contributed by atoms with Gasteiger partial charge in [-0.2, -0.15) is 0 Å². The van der Waals surface area contributed by atoms with Crippen LogP contribution in [0.3, 0.4) is 0 Å². The summed E-state index contributed by atoms with van der Waals surface area (Å²) >= 11 is 1.57. The smallest absolute Gasteiger partial charge is 0.323 e. The van der Waals surface area contributed by atoms with Crippen molar-refractivity contribution in [3.05, 3.63) is 11.1 Å². The number of rotatable bonds is 5. The number of amides is 2. The van der Waals surface area contributed by atoms with E-state index in [0.717, 1.165) is 30.6 Å². The van der Waals surface area contributed by atoms with Gasteiger partial charge in [-0.1, -0.05) is 51.4 Å². The highest BCUT2D eigenvalue weighted by molar-refractivity contribution is 7.15. The lowest BCUT2D eigenvalue weighted by molar-refractivity contribution is 0.114. The van der Waals surface area contributed by atoms with Crippen molar-refractivity contribution in [3.63, 3.8) is 0 Å². The number of carbonyl (C=O) groups excluding carboxylic acids is 1. The van der Waals surface area contributed by atoms with E-state index in [9.17, 15) is 4.79 Å². The predicted octanol–water partition coefficient (Wildman–Crippen LogP) is 5.83. The van der Waals surface area contributed by atoms with E-state index in [1.54, 1.807) is 11.3 Å². The number of carbonyl (C=O) groups is 1. The second-order valence-corrected chi connectivity index (χ2v) is 10.1. The van der Waals surface area contributed by atoms with Crippen molar-refractivity contribution in [1.82, 2.24) is 9.88 Å². The van der Waals surface area contributed by atoms with Crippen molar-refractivity contribution in [3.8, 4) is 0 Å². The third kappa shape index (κ3) is 4.70. The topological polar surface area (TPSA) is 71.2 Å². The Labute approximate surface area is 173 Å². The molecule has 1 aromatic heterocycles. The maximum Gasteiger partial charge on any atom is 0.324 e. The third-order valence-electron chi connectivity index (χ3n) is 7.14. The number of hydrogen-bond acceptors (Lipinski definition) is 4. The van der Waals surface area contributed by atoms with Crippen LogP contribution in [0, 0.1) is 5.92 Å². The first kappa shape index (κ1) is 20.1. The molecule has 5 nitrogen and oxygen atoms in total. The Balaban J connectivity index is 1.43. The highest BCUT2D eigenvalue weighted by atomic mass is 32.1. The molecule has 28 heavy (non-hydrogen) atoms. The van der Waals surface area contributed by atoms with Crippen LogP contribution in [0.15, 0.2) is 6.20 Å². The summed E-state index contributed by atoms with van der Waals surface area (Å²) in [5.74, 6) is 0.574. The highest BCUT2D eigenvalue weighted by Crippen LogP contribution is 2.37. The van der Waals surface area contributed by atoms with Gasteiger partial charge in [0.2, 0.25) is 0 Å². The molecule has 0 radical (unpaired) electrons. The van der Waals surface area contributed by atoms with Gasteiger partial charge in [-0.3, -0.25) is 5.32 Å². The molecule has 0 saturated heterocycles. The minimum Gasteiger partial charge on any atom is -0.323 e. The molecule has 3 N–H and O–H groups in total. The Kier molecular flexibility index (Phi) is 6.89. The molecule has 1 atom stereocenters. The number of nitrogens with two attached hydrogens (primary N) is 1. The molecule has 1 heterocycles. The van der Waals surface area contributed by atoms with E-state index in [4.69, 9.17) is 5.73 Å². The first-order chi connectivity index (χ1) is 13.7. The second kappa shape index (κ2) is 9.57. The highest BCUT2D eigenvalue weighted by Gasteiger charge is 2.33.